The Bertz CT molecular complexity index is 827. The van der Waals surface area contributed by atoms with E-state index in [-0.39, 0.29) is 50.0 Å². The molecule has 16 heteroatoms. The smallest absolute Gasteiger partial charge is 0.243 e. The highest BCUT2D eigenvalue weighted by atomic mass is 32.1. The molecule has 0 aromatic heterocycles. The van der Waals surface area contributed by atoms with E-state index in [0.717, 1.165) is 6.42 Å². The summed E-state index contributed by atoms with van der Waals surface area (Å²) >= 11 is 4.05. The van der Waals surface area contributed by atoms with E-state index in [1.165, 1.54) is 0 Å². The maximum absolute atomic E-state index is 12.6. The molecule has 0 aliphatic carbocycles. The SMILES string of the molecule is CCCCC(=O)N[C@@H](CCCNC(=N)N)C(=O)NCC(=O)N[C@H](CS)C(=O)NCC(=O)NCCCC(N)=O. The Labute approximate surface area is 227 Å². The van der Waals surface area contributed by atoms with Crippen LogP contribution in [-0.4, -0.2) is 85.4 Å². The predicted octanol–water partition coefficient (Wildman–Crippen LogP) is -3.05. The number of nitrogens with one attached hydrogen (secondary N) is 7. The van der Waals surface area contributed by atoms with Crippen molar-refractivity contribution in [2.75, 3.05) is 31.9 Å². The molecule has 2 atom stereocenters. The molecule has 0 fully saturated rings. The summed E-state index contributed by atoms with van der Waals surface area (Å²) in [5.41, 5.74) is 10.3. The van der Waals surface area contributed by atoms with Crippen molar-refractivity contribution in [1.82, 2.24) is 31.9 Å². The molecule has 0 heterocycles. The van der Waals surface area contributed by atoms with Crippen LogP contribution in [0, 0.1) is 5.41 Å². The maximum Gasteiger partial charge on any atom is 0.243 e. The molecule has 0 rings (SSSR count). The number of carbonyl (C=O) groups is 6. The van der Waals surface area contributed by atoms with E-state index in [2.05, 4.69) is 44.5 Å². The van der Waals surface area contributed by atoms with Gasteiger partial charge in [0.15, 0.2) is 5.96 Å². The van der Waals surface area contributed by atoms with E-state index in [0.29, 0.717) is 25.8 Å². The first-order valence-corrected chi connectivity index (χ1v) is 13.0. The van der Waals surface area contributed by atoms with Crippen molar-refractivity contribution < 1.29 is 28.8 Å². The Morgan fingerprint density at radius 2 is 1.32 bits per heavy atom. The molecule has 0 bridgehead atoms. The van der Waals surface area contributed by atoms with Crippen molar-refractivity contribution in [3.05, 3.63) is 0 Å². The van der Waals surface area contributed by atoms with Gasteiger partial charge in [-0.1, -0.05) is 13.3 Å². The third-order valence-electron chi connectivity index (χ3n) is 5.00. The molecular weight excluding hydrogens is 518 g/mol. The van der Waals surface area contributed by atoms with E-state index in [9.17, 15) is 28.8 Å². The van der Waals surface area contributed by atoms with Crippen molar-refractivity contribution in [2.24, 2.45) is 11.5 Å². The van der Waals surface area contributed by atoms with Gasteiger partial charge >= 0.3 is 0 Å². The third-order valence-corrected chi connectivity index (χ3v) is 5.36. The summed E-state index contributed by atoms with van der Waals surface area (Å²) < 4.78 is 0. The highest BCUT2D eigenvalue weighted by molar-refractivity contribution is 7.80. The lowest BCUT2D eigenvalue weighted by molar-refractivity contribution is -0.131. The maximum atomic E-state index is 12.6. The number of hydrogen-bond donors (Lipinski definition) is 10. The third kappa shape index (κ3) is 17.8. The van der Waals surface area contributed by atoms with Crippen molar-refractivity contribution >= 4 is 54.0 Å². The molecule has 0 aliphatic heterocycles. The van der Waals surface area contributed by atoms with E-state index in [4.69, 9.17) is 16.9 Å². The Balaban J connectivity index is 4.67. The second-order valence-corrected chi connectivity index (χ2v) is 8.73. The minimum atomic E-state index is -1.06. The van der Waals surface area contributed by atoms with Crippen LogP contribution in [0.25, 0.3) is 0 Å². The van der Waals surface area contributed by atoms with Crippen LogP contribution >= 0.6 is 12.6 Å². The second kappa shape index (κ2) is 20.5. The van der Waals surface area contributed by atoms with E-state index in [1.807, 2.05) is 6.92 Å². The zero-order valence-electron chi connectivity index (χ0n) is 21.7. The summed E-state index contributed by atoms with van der Waals surface area (Å²) in [7, 11) is 0. The number of unbranched alkanes of at least 4 members (excludes halogenated alkanes) is 1. The van der Waals surface area contributed by atoms with Crippen LogP contribution in [0.3, 0.4) is 0 Å². The van der Waals surface area contributed by atoms with E-state index >= 15 is 0 Å². The fourth-order valence-electron chi connectivity index (χ4n) is 2.98. The monoisotopic (exact) mass is 559 g/mol. The summed E-state index contributed by atoms with van der Waals surface area (Å²) in [6.45, 7) is 1.69. The molecule has 0 saturated heterocycles. The van der Waals surface area contributed by atoms with Gasteiger partial charge in [-0.2, -0.15) is 12.6 Å². The van der Waals surface area contributed by atoms with Crippen LogP contribution < -0.4 is 43.4 Å². The molecule has 11 N–H and O–H groups in total. The average molecular weight is 560 g/mol. The lowest BCUT2D eigenvalue weighted by Gasteiger charge is -2.20. The van der Waals surface area contributed by atoms with Crippen LogP contribution in [0.1, 0.15) is 51.9 Å². The van der Waals surface area contributed by atoms with Gasteiger partial charge in [0.25, 0.3) is 0 Å². The number of primary amides is 1. The highest BCUT2D eigenvalue weighted by Gasteiger charge is 2.23. The normalized spacial score (nSPS) is 11.8. The molecular formula is C22H41N9O6S. The van der Waals surface area contributed by atoms with E-state index in [1.54, 1.807) is 0 Å². The topological polar surface area (TPSA) is 250 Å². The fourth-order valence-corrected chi connectivity index (χ4v) is 3.23. The standard InChI is InChI=1S/C22H41N9O6S/c1-2-3-8-17(33)30-14(6-4-10-27-22(24)25)20(36)29-12-19(35)31-15(13-38)21(37)28-11-18(34)26-9-5-7-16(23)32/h14-15,38H,2-13H2,1H3,(H2,23,32)(H,26,34)(H,28,37)(H,29,36)(H,30,33)(H,31,35)(H4,24,25,27)/t14-,15+/m0/s1. The Morgan fingerprint density at radius 3 is 1.89 bits per heavy atom. The number of guanidine groups is 1. The molecule has 0 saturated carbocycles. The minimum absolute atomic E-state index is 0.0645. The van der Waals surface area contributed by atoms with Crippen LogP contribution in [0.4, 0.5) is 0 Å². The molecule has 15 nitrogen and oxygen atoms in total. The summed E-state index contributed by atoms with van der Waals surface area (Å²) in [5, 5.41) is 22.2. The van der Waals surface area contributed by atoms with E-state index < -0.39 is 48.2 Å². The molecule has 0 aromatic carbocycles. The second-order valence-electron chi connectivity index (χ2n) is 8.36. The Kier molecular flexibility index (Phi) is 18.6. The number of carbonyl (C=O) groups excluding carboxylic acids is 6. The molecule has 38 heavy (non-hydrogen) atoms. The quantitative estimate of drug-likeness (QED) is 0.0317. The lowest BCUT2D eigenvalue weighted by atomic mass is 10.1. The van der Waals surface area contributed by atoms with Crippen LogP contribution in [0.5, 0.6) is 0 Å². The highest BCUT2D eigenvalue weighted by Crippen LogP contribution is 2.01. The zero-order chi connectivity index (χ0) is 28.9. The molecule has 216 valence electrons. The van der Waals surface area contributed by atoms with Crippen LogP contribution in [-0.2, 0) is 28.8 Å². The van der Waals surface area contributed by atoms with Gasteiger partial charge in [0.2, 0.25) is 35.4 Å². The van der Waals surface area contributed by atoms with Gasteiger partial charge < -0.3 is 43.4 Å². The zero-order valence-corrected chi connectivity index (χ0v) is 22.6. The minimum Gasteiger partial charge on any atom is -0.370 e. The van der Waals surface area contributed by atoms with Gasteiger partial charge in [-0.15, -0.1) is 0 Å². The first-order valence-electron chi connectivity index (χ1n) is 12.4. The number of amides is 6. The Morgan fingerprint density at radius 1 is 0.737 bits per heavy atom. The Hall–Kier alpha value is -3.56. The predicted molar refractivity (Wildman–Crippen MR) is 144 cm³/mol. The van der Waals surface area contributed by atoms with Crippen LogP contribution in [0.2, 0.25) is 0 Å². The molecule has 6 amide bonds. The summed E-state index contributed by atoms with van der Waals surface area (Å²) in [6, 6.07) is -1.96. The van der Waals surface area contributed by atoms with Crippen molar-refractivity contribution in [3.8, 4) is 0 Å². The largest absolute Gasteiger partial charge is 0.370 e. The number of hydrogen-bond acceptors (Lipinski definition) is 8. The first-order chi connectivity index (χ1) is 18.0. The van der Waals surface area contributed by atoms with Gasteiger partial charge in [0, 0.05) is 31.7 Å². The molecule has 0 unspecified atom stereocenters. The van der Waals surface area contributed by atoms with Gasteiger partial charge in [0.05, 0.1) is 13.1 Å². The van der Waals surface area contributed by atoms with Gasteiger partial charge in [-0.3, -0.25) is 34.2 Å². The van der Waals surface area contributed by atoms with Gasteiger partial charge in [-0.05, 0) is 25.7 Å². The number of nitrogens with two attached hydrogens (primary N) is 2. The van der Waals surface area contributed by atoms with Gasteiger partial charge in [-0.25, -0.2) is 0 Å². The molecule has 0 radical (unpaired) electrons. The molecule has 0 aliphatic rings. The summed E-state index contributed by atoms with van der Waals surface area (Å²) in [4.78, 5) is 71.8. The van der Waals surface area contributed by atoms with Crippen molar-refractivity contribution in [1.29, 1.82) is 5.41 Å². The summed E-state index contributed by atoms with van der Waals surface area (Å²) in [5.74, 6) is -3.42. The fraction of sp³-hybridized carbons (Fsp3) is 0.682. The summed E-state index contributed by atoms with van der Waals surface area (Å²) in [6.07, 6.45) is 2.91. The number of rotatable bonds is 20. The van der Waals surface area contributed by atoms with Crippen molar-refractivity contribution in [2.45, 2.75) is 64.0 Å². The molecule has 0 spiro atoms. The average Bonchev–Trinajstić information content (AvgIpc) is 2.87. The first kappa shape index (κ1) is 34.4. The number of thiol groups is 1. The van der Waals surface area contributed by atoms with Crippen LogP contribution in [0.15, 0.2) is 0 Å². The van der Waals surface area contributed by atoms with Gasteiger partial charge in [0.1, 0.15) is 12.1 Å². The lowest BCUT2D eigenvalue weighted by Crippen LogP contribution is -2.53. The molecule has 0 aromatic rings. The van der Waals surface area contributed by atoms with Crippen molar-refractivity contribution in [3.63, 3.8) is 0 Å².